The minimum atomic E-state index is -0.480. The van der Waals surface area contributed by atoms with Gasteiger partial charge in [0.15, 0.2) is 11.2 Å². The molecule has 4 rings (SSSR count). The number of aromatic nitrogens is 4. The van der Waals surface area contributed by atoms with Crippen LogP contribution in [-0.4, -0.2) is 25.8 Å². The highest BCUT2D eigenvalue weighted by Gasteiger charge is 2.25. The minimum Gasteiger partial charge on any atom is -0.369 e. The van der Waals surface area contributed by atoms with Gasteiger partial charge in [0.2, 0.25) is 0 Å². The van der Waals surface area contributed by atoms with E-state index in [1.54, 1.807) is 14.2 Å². The van der Waals surface area contributed by atoms with E-state index in [0.717, 1.165) is 15.7 Å². The van der Waals surface area contributed by atoms with E-state index >= 15 is 0 Å². The molecule has 4 aromatic rings. The molecule has 2 aromatic carbocycles. The Hall–Kier alpha value is -3.45. The topological polar surface area (TPSA) is 71.1 Å². The third-order valence-corrected chi connectivity index (χ3v) is 5.13. The Balaban J connectivity index is 2.04. The quantitative estimate of drug-likeness (QED) is 0.524. The van der Waals surface area contributed by atoms with Gasteiger partial charge >= 0.3 is 5.69 Å². The van der Waals surface area contributed by atoms with Crippen LogP contribution in [0.2, 0.25) is 0 Å². The van der Waals surface area contributed by atoms with Gasteiger partial charge in [0.05, 0.1) is 0 Å². The van der Waals surface area contributed by atoms with Crippen LogP contribution in [0.4, 0.5) is 0 Å². The summed E-state index contributed by atoms with van der Waals surface area (Å²) in [4.78, 5) is 30.2. The van der Waals surface area contributed by atoms with E-state index in [1.807, 2.05) is 65.2 Å². The third kappa shape index (κ3) is 3.19. The van der Waals surface area contributed by atoms with Gasteiger partial charge < -0.3 is 9.30 Å². The molecule has 7 heteroatoms. The fourth-order valence-corrected chi connectivity index (χ4v) is 3.61. The lowest BCUT2D eigenvalue weighted by Gasteiger charge is -2.17. The zero-order valence-electron chi connectivity index (χ0n) is 16.6. The third-order valence-electron chi connectivity index (χ3n) is 5.13. The van der Waals surface area contributed by atoms with E-state index in [9.17, 15) is 9.59 Å². The van der Waals surface area contributed by atoms with Crippen LogP contribution in [0.15, 0.2) is 70.3 Å². The Morgan fingerprint density at radius 2 is 1.55 bits per heavy atom. The summed E-state index contributed by atoms with van der Waals surface area (Å²) in [5, 5.41) is 0. The Labute approximate surface area is 167 Å². The molecule has 29 heavy (non-hydrogen) atoms. The number of fused-ring (bicyclic) bond motifs is 1. The molecule has 0 N–H and O–H groups in total. The summed E-state index contributed by atoms with van der Waals surface area (Å²) in [5.74, 6) is 0.579. The summed E-state index contributed by atoms with van der Waals surface area (Å²) in [6.07, 6.45) is -0.480. The van der Waals surface area contributed by atoms with Gasteiger partial charge in [0, 0.05) is 27.7 Å². The first-order chi connectivity index (χ1) is 14.0. The Bertz CT molecular complexity index is 1270. The number of ether oxygens (including phenoxy) is 1. The highest BCUT2D eigenvalue weighted by Crippen LogP contribution is 2.27. The summed E-state index contributed by atoms with van der Waals surface area (Å²) in [6.45, 7) is 0.437. The number of methoxy groups -OCH3 is 1. The van der Waals surface area contributed by atoms with Crippen LogP contribution in [0.25, 0.3) is 11.2 Å². The highest BCUT2D eigenvalue weighted by molar-refractivity contribution is 5.71. The monoisotopic (exact) mass is 390 g/mol. The van der Waals surface area contributed by atoms with Crippen LogP contribution in [0.3, 0.4) is 0 Å². The molecule has 148 valence electrons. The molecule has 0 unspecified atom stereocenters. The average Bonchev–Trinajstić information content (AvgIpc) is 3.12. The first kappa shape index (κ1) is 18.9. The van der Waals surface area contributed by atoms with E-state index in [-0.39, 0.29) is 5.56 Å². The van der Waals surface area contributed by atoms with Gasteiger partial charge in [-0.25, -0.2) is 9.78 Å². The van der Waals surface area contributed by atoms with Gasteiger partial charge in [-0.05, 0) is 11.1 Å². The summed E-state index contributed by atoms with van der Waals surface area (Å²) in [7, 11) is 4.72. The molecule has 0 bridgehead atoms. The van der Waals surface area contributed by atoms with Crippen molar-refractivity contribution in [3.63, 3.8) is 0 Å². The number of imidazole rings is 1. The SMILES string of the molecule is CO[C@@H](c1ccccc1)c1nc2c(c(=O)n(C)c(=O)n2C)n1Cc1ccccc1. The standard InChI is InChI=1S/C22H22N4O3/c1-24-19-17(21(27)25(2)22(24)28)26(14-15-10-6-4-7-11-15)20(23-19)18(29-3)16-12-8-5-9-13-16/h4-13,18H,14H2,1-3H3/t18-/m0/s1. The highest BCUT2D eigenvalue weighted by atomic mass is 16.5. The predicted molar refractivity (Wildman–Crippen MR) is 111 cm³/mol. The van der Waals surface area contributed by atoms with Crippen molar-refractivity contribution in [2.45, 2.75) is 12.6 Å². The van der Waals surface area contributed by atoms with Crippen molar-refractivity contribution >= 4 is 11.2 Å². The maximum Gasteiger partial charge on any atom is 0.332 e. The second kappa shape index (κ2) is 7.52. The smallest absolute Gasteiger partial charge is 0.332 e. The van der Waals surface area contributed by atoms with Crippen LogP contribution in [0.5, 0.6) is 0 Å². The molecule has 0 aliphatic carbocycles. The molecule has 0 saturated heterocycles. The summed E-state index contributed by atoms with van der Waals surface area (Å²) < 4.78 is 10.2. The summed E-state index contributed by atoms with van der Waals surface area (Å²) >= 11 is 0. The summed E-state index contributed by atoms with van der Waals surface area (Å²) in [6, 6.07) is 19.5. The van der Waals surface area contributed by atoms with E-state index in [2.05, 4.69) is 0 Å². The molecule has 0 aliphatic heterocycles. The van der Waals surface area contributed by atoms with Gasteiger partial charge in [0.25, 0.3) is 5.56 Å². The largest absolute Gasteiger partial charge is 0.369 e. The van der Waals surface area contributed by atoms with E-state index < -0.39 is 11.8 Å². The van der Waals surface area contributed by atoms with Crippen LogP contribution < -0.4 is 11.2 Å². The molecule has 0 aliphatic rings. The Kier molecular flexibility index (Phi) is 4.90. The number of rotatable bonds is 5. The van der Waals surface area contributed by atoms with Crippen molar-refractivity contribution in [3.8, 4) is 0 Å². The molecule has 1 atom stereocenters. The van der Waals surface area contributed by atoms with Gasteiger partial charge in [-0.15, -0.1) is 0 Å². The van der Waals surface area contributed by atoms with Crippen molar-refractivity contribution in [1.29, 1.82) is 0 Å². The van der Waals surface area contributed by atoms with Crippen LogP contribution in [0, 0.1) is 0 Å². The minimum absolute atomic E-state index is 0.349. The Morgan fingerprint density at radius 3 is 2.17 bits per heavy atom. The van der Waals surface area contributed by atoms with Crippen molar-refractivity contribution < 1.29 is 4.74 Å². The first-order valence-corrected chi connectivity index (χ1v) is 9.30. The number of benzene rings is 2. The van der Waals surface area contributed by atoms with Crippen LogP contribution in [-0.2, 0) is 25.4 Å². The number of aryl methyl sites for hydroxylation is 1. The van der Waals surface area contributed by atoms with Crippen molar-refractivity contribution in [2.75, 3.05) is 7.11 Å². The second-order valence-corrected chi connectivity index (χ2v) is 6.95. The summed E-state index contributed by atoms with van der Waals surface area (Å²) in [5.41, 5.74) is 1.88. The lowest BCUT2D eigenvalue weighted by atomic mass is 10.1. The zero-order valence-corrected chi connectivity index (χ0v) is 16.6. The zero-order chi connectivity index (χ0) is 20.5. The molecule has 2 aromatic heterocycles. The molecule has 0 fully saturated rings. The van der Waals surface area contributed by atoms with Gasteiger partial charge in [-0.2, -0.15) is 0 Å². The number of nitrogens with zero attached hydrogens (tertiary/aromatic N) is 4. The van der Waals surface area contributed by atoms with Crippen molar-refractivity contribution in [2.24, 2.45) is 14.1 Å². The average molecular weight is 390 g/mol. The molecule has 0 saturated carbocycles. The fraction of sp³-hybridized carbons (Fsp3) is 0.227. The Morgan fingerprint density at radius 1 is 0.931 bits per heavy atom. The number of hydrogen-bond donors (Lipinski definition) is 0. The van der Waals surface area contributed by atoms with Gasteiger partial charge in [0.1, 0.15) is 11.9 Å². The second-order valence-electron chi connectivity index (χ2n) is 6.95. The molecule has 0 spiro atoms. The fourth-order valence-electron chi connectivity index (χ4n) is 3.61. The molecule has 0 amide bonds. The van der Waals surface area contributed by atoms with Crippen LogP contribution in [0.1, 0.15) is 23.1 Å². The van der Waals surface area contributed by atoms with Crippen molar-refractivity contribution in [1.82, 2.24) is 18.7 Å². The van der Waals surface area contributed by atoms with Gasteiger partial charge in [-0.1, -0.05) is 60.7 Å². The molecular formula is C22H22N4O3. The maximum absolute atomic E-state index is 13.0. The van der Waals surface area contributed by atoms with E-state index in [0.29, 0.717) is 23.5 Å². The number of hydrogen-bond acceptors (Lipinski definition) is 4. The molecule has 0 radical (unpaired) electrons. The predicted octanol–water partition coefficient (Wildman–Crippen LogP) is 2.22. The normalized spacial score (nSPS) is 12.4. The molecule has 2 heterocycles. The molecular weight excluding hydrogens is 368 g/mol. The first-order valence-electron chi connectivity index (χ1n) is 9.30. The maximum atomic E-state index is 13.0. The lowest BCUT2D eigenvalue weighted by molar-refractivity contribution is 0.126. The van der Waals surface area contributed by atoms with E-state index in [1.165, 1.54) is 11.6 Å². The van der Waals surface area contributed by atoms with Crippen molar-refractivity contribution in [3.05, 3.63) is 98.5 Å². The van der Waals surface area contributed by atoms with Crippen LogP contribution >= 0.6 is 0 Å². The van der Waals surface area contributed by atoms with Gasteiger partial charge in [-0.3, -0.25) is 13.9 Å². The van der Waals surface area contributed by atoms with E-state index in [4.69, 9.17) is 9.72 Å². The molecule has 7 nitrogen and oxygen atoms in total. The lowest BCUT2D eigenvalue weighted by Crippen LogP contribution is -2.37.